The molecule has 1 N–H and O–H groups in total. The lowest BCUT2D eigenvalue weighted by Gasteiger charge is -2.16. The van der Waals surface area contributed by atoms with Crippen LogP contribution in [0.4, 0.5) is 0 Å². The van der Waals surface area contributed by atoms with E-state index in [9.17, 15) is 4.79 Å². The summed E-state index contributed by atoms with van der Waals surface area (Å²) in [6.45, 7) is 3.91. The maximum absolute atomic E-state index is 12.2. The molecule has 136 valence electrons. The molecule has 0 heterocycles. The first-order valence-electron chi connectivity index (χ1n) is 7.98. The highest BCUT2D eigenvalue weighted by molar-refractivity contribution is 6.42. The van der Waals surface area contributed by atoms with Crippen LogP contribution in [0.2, 0.25) is 10.0 Å². The number of nitrogens with zero attached hydrogens (tertiary/aromatic N) is 1. The van der Waals surface area contributed by atoms with Gasteiger partial charge in [0, 0.05) is 6.07 Å². The van der Waals surface area contributed by atoms with Gasteiger partial charge in [0.1, 0.15) is 0 Å². The van der Waals surface area contributed by atoms with E-state index in [1.807, 2.05) is 19.9 Å². The van der Waals surface area contributed by atoms with Gasteiger partial charge in [-0.2, -0.15) is 5.26 Å². The summed E-state index contributed by atoms with van der Waals surface area (Å²) < 4.78 is 11.0. The molecule has 2 aromatic carbocycles. The van der Waals surface area contributed by atoms with Crippen LogP contribution in [0.5, 0.6) is 11.5 Å². The number of ether oxygens (including phenoxy) is 2. The predicted octanol–water partition coefficient (Wildman–Crippen LogP) is 4.52. The second-order valence-corrected chi connectivity index (χ2v) is 6.27. The fourth-order valence-electron chi connectivity index (χ4n) is 2.26. The molecule has 1 unspecified atom stereocenters. The molecule has 0 aliphatic rings. The van der Waals surface area contributed by atoms with Crippen LogP contribution in [0.3, 0.4) is 0 Å². The zero-order valence-electron chi connectivity index (χ0n) is 14.4. The Morgan fingerprint density at radius 2 is 1.92 bits per heavy atom. The Morgan fingerprint density at radius 3 is 2.58 bits per heavy atom. The van der Waals surface area contributed by atoms with Crippen LogP contribution >= 0.6 is 23.2 Å². The summed E-state index contributed by atoms with van der Waals surface area (Å²) >= 11 is 11.9. The normalized spacial score (nSPS) is 11.3. The highest BCUT2D eigenvalue weighted by Crippen LogP contribution is 2.28. The van der Waals surface area contributed by atoms with E-state index in [1.165, 1.54) is 0 Å². The maximum Gasteiger partial charge on any atom is 0.258 e. The standard InChI is InChI=1S/C19H18Cl2N2O3/c1-3-25-18-8-13(10-22)4-7-17(18)26-11-19(24)23-12(2)14-5-6-15(20)16(21)9-14/h4-9,12H,3,11H2,1-2H3,(H,23,24). The van der Waals surface area contributed by atoms with Crippen molar-refractivity contribution < 1.29 is 14.3 Å². The number of carbonyl (C=O) groups is 1. The van der Waals surface area contributed by atoms with Gasteiger partial charge in [-0.1, -0.05) is 29.3 Å². The number of nitrogens with one attached hydrogen (secondary N) is 1. The number of rotatable bonds is 7. The summed E-state index contributed by atoms with van der Waals surface area (Å²) in [5.74, 6) is 0.537. The molecule has 0 saturated carbocycles. The first kappa shape index (κ1) is 19.9. The van der Waals surface area contributed by atoms with Crippen LogP contribution in [0.25, 0.3) is 0 Å². The third-order valence-corrected chi connectivity index (χ3v) is 4.29. The molecule has 1 amide bonds. The first-order valence-corrected chi connectivity index (χ1v) is 8.74. The second-order valence-electron chi connectivity index (χ2n) is 5.46. The summed E-state index contributed by atoms with van der Waals surface area (Å²) in [5, 5.41) is 12.7. The smallest absolute Gasteiger partial charge is 0.258 e. The largest absolute Gasteiger partial charge is 0.490 e. The van der Waals surface area contributed by atoms with Gasteiger partial charge in [0.15, 0.2) is 18.1 Å². The van der Waals surface area contributed by atoms with Crippen molar-refractivity contribution in [2.45, 2.75) is 19.9 Å². The molecule has 0 spiro atoms. The zero-order chi connectivity index (χ0) is 19.1. The van der Waals surface area contributed by atoms with Crippen molar-refractivity contribution >= 4 is 29.1 Å². The van der Waals surface area contributed by atoms with Crippen molar-refractivity contribution in [3.63, 3.8) is 0 Å². The molecule has 7 heteroatoms. The summed E-state index contributed by atoms with van der Waals surface area (Å²) in [6, 6.07) is 11.8. The minimum Gasteiger partial charge on any atom is -0.490 e. The van der Waals surface area contributed by atoms with Crippen molar-refractivity contribution in [2.75, 3.05) is 13.2 Å². The minimum absolute atomic E-state index is 0.183. The molecule has 0 saturated heterocycles. The van der Waals surface area contributed by atoms with Crippen molar-refractivity contribution in [2.24, 2.45) is 0 Å². The number of amides is 1. The van der Waals surface area contributed by atoms with Crippen LogP contribution in [-0.4, -0.2) is 19.1 Å². The molecule has 26 heavy (non-hydrogen) atoms. The molecule has 2 rings (SSSR count). The summed E-state index contributed by atoms with van der Waals surface area (Å²) in [7, 11) is 0. The molecular weight excluding hydrogens is 375 g/mol. The monoisotopic (exact) mass is 392 g/mol. The number of carbonyl (C=O) groups excluding carboxylic acids is 1. The Morgan fingerprint density at radius 1 is 1.15 bits per heavy atom. The van der Waals surface area contributed by atoms with Crippen LogP contribution in [-0.2, 0) is 4.79 Å². The summed E-state index contributed by atoms with van der Waals surface area (Å²) in [6.07, 6.45) is 0. The number of nitriles is 1. The Kier molecular flexibility index (Phi) is 7.14. The van der Waals surface area contributed by atoms with Gasteiger partial charge in [0.2, 0.25) is 0 Å². The SMILES string of the molecule is CCOc1cc(C#N)ccc1OCC(=O)NC(C)c1ccc(Cl)c(Cl)c1. The van der Waals surface area contributed by atoms with E-state index in [-0.39, 0.29) is 18.6 Å². The van der Waals surface area contributed by atoms with Crippen LogP contribution in [0, 0.1) is 11.3 Å². The molecule has 0 aliphatic heterocycles. The average Bonchev–Trinajstić information content (AvgIpc) is 2.63. The first-order chi connectivity index (χ1) is 12.4. The molecule has 5 nitrogen and oxygen atoms in total. The highest BCUT2D eigenvalue weighted by atomic mass is 35.5. The molecular formula is C19H18Cl2N2O3. The van der Waals surface area contributed by atoms with Gasteiger partial charge in [-0.3, -0.25) is 4.79 Å². The third-order valence-electron chi connectivity index (χ3n) is 3.55. The Labute approximate surface area is 162 Å². The van der Waals surface area contributed by atoms with Gasteiger partial charge in [0.05, 0.1) is 34.3 Å². The lowest BCUT2D eigenvalue weighted by molar-refractivity contribution is -0.123. The lowest BCUT2D eigenvalue weighted by atomic mass is 10.1. The van der Waals surface area contributed by atoms with Gasteiger partial charge in [-0.15, -0.1) is 0 Å². The van der Waals surface area contributed by atoms with Crippen molar-refractivity contribution in [3.8, 4) is 17.6 Å². The average molecular weight is 393 g/mol. The Hall–Kier alpha value is -2.42. The number of benzene rings is 2. The number of halogens is 2. The summed E-state index contributed by atoms with van der Waals surface area (Å²) in [5.41, 5.74) is 1.29. The molecule has 0 radical (unpaired) electrons. The van der Waals surface area contributed by atoms with Gasteiger partial charge in [0.25, 0.3) is 5.91 Å². The van der Waals surface area contributed by atoms with Gasteiger partial charge < -0.3 is 14.8 Å². The lowest BCUT2D eigenvalue weighted by Crippen LogP contribution is -2.31. The number of hydrogen-bond donors (Lipinski definition) is 1. The second kappa shape index (κ2) is 9.33. The topological polar surface area (TPSA) is 71.3 Å². The minimum atomic E-state index is -0.296. The summed E-state index contributed by atoms with van der Waals surface area (Å²) in [4.78, 5) is 12.2. The van der Waals surface area contributed by atoms with Crippen LogP contribution in [0.1, 0.15) is 31.0 Å². The molecule has 0 fully saturated rings. The van der Waals surface area contributed by atoms with E-state index >= 15 is 0 Å². The quantitative estimate of drug-likeness (QED) is 0.751. The molecule has 0 aliphatic carbocycles. The van der Waals surface area contributed by atoms with Gasteiger partial charge in [-0.25, -0.2) is 0 Å². The van der Waals surface area contributed by atoms with Gasteiger partial charge in [-0.05, 0) is 43.7 Å². The van der Waals surface area contributed by atoms with Crippen molar-refractivity contribution in [3.05, 3.63) is 57.6 Å². The van der Waals surface area contributed by atoms with E-state index in [1.54, 1.807) is 36.4 Å². The van der Waals surface area contributed by atoms with Crippen LogP contribution in [0.15, 0.2) is 36.4 Å². The fraction of sp³-hybridized carbons (Fsp3) is 0.263. The Bertz CT molecular complexity index is 834. The number of hydrogen-bond acceptors (Lipinski definition) is 4. The van der Waals surface area contributed by atoms with Crippen molar-refractivity contribution in [1.29, 1.82) is 5.26 Å². The van der Waals surface area contributed by atoms with E-state index in [0.29, 0.717) is 33.7 Å². The highest BCUT2D eigenvalue weighted by Gasteiger charge is 2.13. The molecule has 0 aromatic heterocycles. The van der Waals surface area contributed by atoms with Crippen LogP contribution < -0.4 is 14.8 Å². The van der Waals surface area contributed by atoms with Gasteiger partial charge >= 0.3 is 0 Å². The van der Waals surface area contributed by atoms with Crippen molar-refractivity contribution in [1.82, 2.24) is 5.32 Å². The molecule has 1 atom stereocenters. The molecule has 0 bridgehead atoms. The van der Waals surface area contributed by atoms with E-state index < -0.39 is 0 Å². The zero-order valence-corrected chi connectivity index (χ0v) is 15.9. The molecule has 2 aromatic rings. The van der Waals surface area contributed by atoms with E-state index in [2.05, 4.69) is 5.32 Å². The maximum atomic E-state index is 12.2. The van der Waals surface area contributed by atoms with E-state index in [4.69, 9.17) is 37.9 Å². The predicted molar refractivity (Wildman–Crippen MR) is 101 cm³/mol. The Balaban J connectivity index is 1.98. The third kappa shape index (κ3) is 5.29. The fourth-order valence-corrected chi connectivity index (χ4v) is 2.56. The van der Waals surface area contributed by atoms with E-state index in [0.717, 1.165) is 5.56 Å².